The van der Waals surface area contributed by atoms with Crippen molar-refractivity contribution in [2.45, 2.75) is 0 Å². The Morgan fingerprint density at radius 3 is 2.67 bits per heavy atom. The lowest BCUT2D eigenvalue weighted by Crippen LogP contribution is -2.02. The van der Waals surface area contributed by atoms with Gasteiger partial charge in [-0.25, -0.2) is 0 Å². The molecule has 0 aliphatic rings. The minimum atomic E-state index is -0.781. The highest BCUT2D eigenvalue weighted by molar-refractivity contribution is 6.68. The number of carbonyl (C=O) groups is 2. The van der Waals surface area contributed by atoms with Gasteiger partial charge in [-0.3, -0.25) is 9.59 Å². The number of hydrogen-bond donors (Lipinski definition) is 0. The smallest absolute Gasteiger partial charge is 0.253 e. The van der Waals surface area contributed by atoms with Gasteiger partial charge in [-0.1, -0.05) is 0 Å². The first-order valence-corrected chi connectivity index (χ1v) is 4.29. The lowest BCUT2D eigenvalue weighted by atomic mass is 10.0. The number of aldehydes is 1. The van der Waals surface area contributed by atoms with E-state index in [4.69, 9.17) is 21.6 Å². The Bertz CT molecular complexity index is 462. The summed E-state index contributed by atoms with van der Waals surface area (Å²) < 4.78 is 4.88. The van der Waals surface area contributed by atoms with Crippen LogP contribution in [-0.4, -0.2) is 18.6 Å². The summed E-state index contributed by atoms with van der Waals surface area (Å²) in [6.07, 6.45) is 0.413. The van der Waals surface area contributed by atoms with Crippen LogP contribution in [0.25, 0.3) is 0 Å². The Morgan fingerprint density at radius 2 is 2.27 bits per heavy atom. The highest BCUT2D eigenvalue weighted by Gasteiger charge is 2.16. The molecule has 0 heterocycles. The summed E-state index contributed by atoms with van der Waals surface area (Å²) in [5.74, 6) is 0.237. The van der Waals surface area contributed by atoms with Crippen LogP contribution >= 0.6 is 11.6 Å². The van der Waals surface area contributed by atoms with Crippen LogP contribution in [0.1, 0.15) is 26.3 Å². The molecule has 15 heavy (non-hydrogen) atoms. The third-order valence-corrected chi connectivity index (χ3v) is 2.07. The molecule has 1 rings (SSSR count). The maximum absolute atomic E-state index is 10.9. The molecule has 0 spiro atoms. The quantitative estimate of drug-likeness (QED) is 0.578. The van der Waals surface area contributed by atoms with Gasteiger partial charge in [0.1, 0.15) is 17.4 Å². The number of halogens is 1. The first-order chi connectivity index (χ1) is 7.15. The summed E-state index contributed by atoms with van der Waals surface area (Å²) in [5, 5.41) is 8.04. The van der Waals surface area contributed by atoms with Crippen LogP contribution in [0.15, 0.2) is 12.1 Å². The van der Waals surface area contributed by atoms with Crippen LogP contribution in [0, 0.1) is 11.3 Å². The van der Waals surface area contributed by atoms with Crippen molar-refractivity contribution in [2.75, 3.05) is 7.11 Å². The molecule has 4 nitrogen and oxygen atoms in total. The summed E-state index contributed by atoms with van der Waals surface area (Å²) in [4.78, 5) is 21.7. The van der Waals surface area contributed by atoms with Gasteiger partial charge >= 0.3 is 0 Å². The first kappa shape index (κ1) is 11.2. The molecule has 0 saturated carbocycles. The van der Waals surface area contributed by atoms with Gasteiger partial charge in [-0.05, 0) is 23.7 Å². The van der Waals surface area contributed by atoms with Gasteiger partial charge in [0.25, 0.3) is 5.24 Å². The molecule has 0 aliphatic carbocycles. The SMILES string of the molecule is COc1ccc(C(=O)Cl)c(C=O)c1C#N. The molecular weight excluding hydrogens is 218 g/mol. The number of hydrogen-bond acceptors (Lipinski definition) is 4. The second-order valence-corrected chi connectivity index (χ2v) is 2.95. The summed E-state index contributed by atoms with van der Waals surface area (Å²) in [7, 11) is 1.37. The monoisotopic (exact) mass is 223 g/mol. The first-order valence-electron chi connectivity index (χ1n) is 3.91. The van der Waals surface area contributed by atoms with Crippen LogP contribution in [0.5, 0.6) is 5.75 Å². The van der Waals surface area contributed by atoms with Crippen molar-refractivity contribution in [3.8, 4) is 11.8 Å². The summed E-state index contributed by atoms with van der Waals surface area (Å²) in [6.45, 7) is 0. The highest BCUT2D eigenvalue weighted by Crippen LogP contribution is 2.24. The molecule has 0 fully saturated rings. The zero-order valence-electron chi connectivity index (χ0n) is 7.78. The van der Waals surface area contributed by atoms with Crippen LogP contribution in [0.4, 0.5) is 0 Å². The standard InChI is InChI=1S/C10H6ClNO3/c1-15-9-3-2-6(10(11)14)8(5-13)7(9)4-12/h2-3,5H,1H3. The van der Waals surface area contributed by atoms with Crippen molar-refractivity contribution < 1.29 is 14.3 Å². The topological polar surface area (TPSA) is 67.2 Å². The molecule has 76 valence electrons. The summed E-state index contributed by atoms with van der Waals surface area (Å²) >= 11 is 5.26. The zero-order valence-corrected chi connectivity index (χ0v) is 8.54. The molecule has 0 aromatic heterocycles. The van der Waals surface area contributed by atoms with Gasteiger partial charge < -0.3 is 4.74 Å². The molecule has 0 atom stereocenters. The normalized spacial score (nSPS) is 9.13. The number of methoxy groups -OCH3 is 1. The molecule has 0 unspecified atom stereocenters. The fraction of sp³-hybridized carbons (Fsp3) is 0.100. The van der Waals surface area contributed by atoms with E-state index >= 15 is 0 Å². The molecule has 0 radical (unpaired) electrons. The predicted octanol–water partition coefficient (Wildman–Crippen LogP) is 1.76. The Morgan fingerprint density at radius 1 is 1.60 bits per heavy atom. The second kappa shape index (κ2) is 4.58. The molecule has 0 bridgehead atoms. The van der Waals surface area contributed by atoms with Crippen molar-refractivity contribution in [1.29, 1.82) is 5.26 Å². The maximum Gasteiger partial charge on any atom is 0.253 e. The van der Waals surface area contributed by atoms with E-state index in [-0.39, 0.29) is 22.4 Å². The fourth-order valence-corrected chi connectivity index (χ4v) is 1.34. The van der Waals surface area contributed by atoms with Crippen molar-refractivity contribution in [1.82, 2.24) is 0 Å². The molecular formula is C10H6ClNO3. The summed E-state index contributed by atoms with van der Waals surface area (Å²) in [6, 6.07) is 4.56. The van der Waals surface area contributed by atoms with E-state index in [1.807, 2.05) is 0 Å². The largest absolute Gasteiger partial charge is 0.495 e. The Balaban J connectivity index is 3.57. The van der Waals surface area contributed by atoms with E-state index in [0.29, 0.717) is 6.29 Å². The number of nitriles is 1. The third-order valence-electron chi connectivity index (χ3n) is 1.87. The van der Waals surface area contributed by atoms with E-state index in [0.717, 1.165) is 0 Å². The van der Waals surface area contributed by atoms with Crippen molar-refractivity contribution in [3.63, 3.8) is 0 Å². The van der Waals surface area contributed by atoms with Gasteiger partial charge in [0.15, 0.2) is 6.29 Å². The minimum absolute atomic E-state index is 0.00372. The van der Waals surface area contributed by atoms with E-state index < -0.39 is 5.24 Å². The second-order valence-electron chi connectivity index (χ2n) is 2.61. The van der Waals surface area contributed by atoms with Crippen LogP contribution in [0.2, 0.25) is 0 Å². The van der Waals surface area contributed by atoms with E-state index in [2.05, 4.69) is 0 Å². The third kappa shape index (κ3) is 1.97. The van der Waals surface area contributed by atoms with Crippen molar-refractivity contribution in [2.24, 2.45) is 0 Å². The highest BCUT2D eigenvalue weighted by atomic mass is 35.5. The van der Waals surface area contributed by atoms with Crippen LogP contribution in [-0.2, 0) is 0 Å². The molecule has 0 amide bonds. The van der Waals surface area contributed by atoms with Gasteiger partial charge in [-0.2, -0.15) is 5.26 Å². The van der Waals surface area contributed by atoms with Crippen LogP contribution < -0.4 is 4.74 Å². The number of benzene rings is 1. The average Bonchev–Trinajstić information content (AvgIpc) is 2.26. The number of ether oxygens (including phenoxy) is 1. The van der Waals surface area contributed by atoms with Crippen molar-refractivity contribution >= 4 is 23.1 Å². The molecule has 5 heteroatoms. The molecule has 0 aliphatic heterocycles. The number of rotatable bonds is 3. The molecule has 1 aromatic rings. The lowest BCUT2D eigenvalue weighted by Gasteiger charge is -2.06. The van der Waals surface area contributed by atoms with Crippen LogP contribution in [0.3, 0.4) is 0 Å². The average molecular weight is 224 g/mol. The minimum Gasteiger partial charge on any atom is -0.495 e. The van der Waals surface area contributed by atoms with E-state index in [1.165, 1.54) is 19.2 Å². The van der Waals surface area contributed by atoms with E-state index in [9.17, 15) is 9.59 Å². The van der Waals surface area contributed by atoms with Gasteiger partial charge in [-0.15, -0.1) is 0 Å². The van der Waals surface area contributed by atoms with E-state index in [1.54, 1.807) is 6.07 Å². The molecule has 0 saturated heterocycles. The zero-order chi connectivity index (χ0) is 11.4. The molecule has 1 aromatic carbocycles. The van der Waals surface area contributed by atoms with Gasteiger partial charge in [0.05, 0.1) is 7.11 Å². The molecule has 0 N–H and O–H groups in total. The number of nitrogens with zero attached hydrogens (tertiary/aromatic N) is 1. The van der Waals surface area contributed by atoms with Gasteiger partial charge in [0, 0.05) is 11.1 Å². The number of carbonyl (C=O) groups excluding carboxylic acids is 2. The lowest BCUT2D eigenvalue weighted by molar-refractivity contribution is 0.106. The Hall–Kier alpha value is -1.86. The van der Waals surface area contributed by atoms with Gasteiger partial charge in [0.2, 0.25) is 0 Å². The Labute approximate surface area is 91.0 Å². The fourth-order valence-electron chi connectivity index (χ4n) is 1.18. The maximum atomic E-state index is 10.9. The van der Waals surface area contributed by atoms with Crippen molar-refractivity contribution in [3.05, 3.63) is 28.8 Å². The summed E-state index contributed by atoms with van der Waals surface area (Å²) in [5.41, 5.74) is -0.0279. The Kier molecular flexibility index (Phi) is 3.42. The predicted molar refractivity (Wildman–Crippen MR) is 53.3 cm³/mol.